The molecule has 0 fully saturated rings. The lowest BCUT2D eigenvalue weighted by Gasteiger charge is -2.14. The van der Waals surface area contributed by atoms with Crippen LogP contribution in [0.5, 0.6) is 0 Å². The number of unbranched alkanes of at least 4 members (excludes halogenated alkanes) is 3. The number of halogens is 1. The van der Waals surface area contributed by atoms with Crippen molar-refractivity contribution in [3.05, 3.63) is 47.0 Å². The quantitative estimate of drug-likeness (QED) is 0.439. The van der Waals surface area contributed by atoms with Gasteiger partial charge in [0, 0.05) is 0 Å². The average Bonchev–Trinajstić information content (AvgIpc) is 2.89. The molecular weight excluding hydrogens is 264 g/mol. The first-order valence-corrected chi connectivity index (χ1v) is 8.42. The van der Waals surface area contributed by atoms with Crippen LogP contribution in [0.1, 0.15) is 61.1 Å². The number of hydrogen-bond donors (Lipinski definition) is 0. The van der Waals surface area contributed by atoms with Crippen LogP contribution in [0, 0.1) is 0 Å². The van der Waals surface area contributed by atoms with E-state index in [4.69, 9.17) is 11.6 Å². The van der Waals surface area contributed by atoms with E-state index in [1.165, 1.54) is 66.0 Å². The smallest absolute Gasteiger partial charge is 0.0591 e. The first-order chi connectivity index (χ1) is 9.81. The minimum atomic E-state index is 0.164. The van der Waals surface area contributed by atoms with Crippen LogP contribution in [0.15, 0.2) is 30.3 Å². The molecule has 1 atom stereocenters. The van der Waals surface area contributed by atoms with Crippen LogP contribution in [0.2, 0.25) is 0 Å². The van der Waals surface area contributed by atoms with Crippen LogP contribution in [-0.4, -0.2) is 0 Å². The van der Waals surface area contributed by atoms with Gasteiger partial charge in [0.15, 0.2) is 0 Å². The Hall–Kier alpha value is -1.01. The maximum atomic E-state index is 6.69. The van der Waals surface area contributed by atoms with Crippen molar-refractivity contribution in [2.45, 2.75) is 57.2 Å². The van der Waals surface area contributed by atoms with E-state index in [1.807, 2.05) is 0 Å². The summed E-state index contributed by atoms with van der Waals surface area (Å²) in [5.74, 6) is 0. The van der Waals surface area contributed by atoms with Crippen molar-refractivity contribution in [3.63, 3.8) is 0 Å². The number of alkyl halides is 1. The highest BCUT2D eigenvalue weighted by Crippen LogP contribution is 2.38. The first kappa shape index (κ1) is 13.9. The summed E-state index contributed by atoms with van der Waals surface area (Å²) in [6.45, 7) is 2.25. The van der Waals surface area contributed by atoms with Crippen LogP contribution < -0.4 is 0 Å². The summed E-state index contributed by atoms with van der Waals surface area (Å²) >= 11 is 6.69. The highest BCUT2D eigenvalue weighted by Gasteiger charge is 2.18. The SMILES string of the molecule is CCCCCCC(Cl)c1ccc2c3c(cccc13)CC2. The molecule has 3 rings (SSSR count). The minimum absolute atomic E-state index is 0.164. The van der Waals surface area contributed by atoms with Crippen LogP contribution in [-0.2, 0) is 12.8 Å². The molecule has 0 aromatic heterocycles. The van der Waals surface area contributed by atoms with Gasteiger partial charge in [-0.3, -0.25) is 0 Å². The summed E-state index contributed by atoms with van der Waals surface area (Å²) < 4.78 is 0. The van der Waals surface area contributed by atoms with E-state index >= 15 is 0 Å². The molecule has 2 aromatic carbocycles. The van der Waals surface area contributed by atoms with E-state index in [9.17, 15) is 0 Å². The van der Waals surface area contributed by atoms with Crippen molar-refractivity contribution in [2.24, 2.45) is 0 Å². The lowest BCUT2D eigenvalue weighted by atomic mass is 9.96. The van der Waals surface area contributed by atoms with Crippen LogP contribution in [0.3, 0.4) is 0 Å². The zero-order valence-corrected chi connectivity index (χ0v) is 13.0. The predicted molar refractivity (Wildman–Crippen MR) is 88.7 cm³/mol. The van der Waals surface area contributed by atoms with E-state index in [1.54, 1.807) is 0 Å². The molecule has 20 heavy (non-hydrogen) atoms. The van der Waals surface area contributed by atoms with E-state index in [2.05, 4.69) is 37.3 Å². The Bertz CT molecular complexity index is 590. The van der Waals surface area contributed by atoms with Gasteiger partial charge in [0.05, 0.1) is 5.38 Å². The topological polar surface area (TPSA) is 0 Å². The molecule has 0 aliphatic heterocycles. The van der Waals surface area contributed by atoms with Gasteiger partial charge in [-0.1, -0.05) is 62.9 Å². The first-order valence-electron chi connectivity index (χ1n) is 7.98. The fourth-order valence-electron chi connectivity index (χ4n) is 3.45. The molecule has 0 radical (unpaired) electrons. The van der Waals surface area contributed by atoms with Gasteiger partial charge < -0.3 is 0 Å². The van der Waals surface area contributed by atoms with Crippen molar-refractivity contribution in [3.8, 4) is 0 Å². The van der Waals surface area contributed by atoms with E-state index in [0.717, 1.165) is 6.42 Å². The third-order valence-electron chi connectivity index (χ3n) is 4.56. The highest BCUT2D eigenvalue weighted by molar-refractivity contribution is 6.22. The largest absolute Gasteiger partial charge is 0.118 e. The van der Waals surface area contributed by atoms with E-state index in [-0.39, 0.29) is 5.38 Å². The van der Waals surface area contributed by atoms with Gasteiger partial charge in [0.2, 0.25) is 0 Å². The van der Waals surface area contributed by atoms with Crippen LogP contribution >= 0.6 is 11.6 Å². The summed E-state index contributed by atoms with van der Waals surface area (Å²) in [6, 6.07) is 11.3. The standard InChI is InChI=1S/C19H23Cl/c1-2-3-4-5-9-18(20)16-13-12-15-11-10-14-7-6-8-17(16)19(14)15/h6-8,12-13,18H,2-5,9-11H2,1H3. The minimum Gasteiger partial charge on any atom is -0.118 e. The Kier molecular flexibility index (Phi) is 4.31. The normalized spacial score (nSPS) is 14.9. The predicted octanol–water partition coefficient (Wildman–Crippen LogP) is 6.19. The zero-order chi connectivity index (χ0) is 13.9. The second-order valence-corrected chi connectivity index (χ2v) is 6.50. The molecule has 0 nitrogen and oxygen atoms in total. The fraction of sp³-hybridized carbons (Fsp3) is 0.474. The summed E-state index contributed by atoms with van der Waals surface area (Å²) in [4.78, 5) is 0. The van der Waals surface area contributed by atoms with Gasteiger partial charge in [-0.05, 0) is 46.7 Å². The lowest BCUT2D eigenvalue weighted by Crippen LogP contribution is -1.94. The molecule has 106 valence electrons. The van der Waals surface area contributed by atoms with Gasteiger partial charge in [0.1, 0.15) is 0 Å². The summed E-state index contributed by atoms with van der Waals surface area (Å²) in [6.07, 6.45) is 8.65. The van der Waals surface area contributed by atoms with Crippen LogP contribution in [0.25, 0.3) is 10.8 Å². The Labute approximate surface area is 127 Å². The molecule has 0 saturated heterocycles. The molecule has 1 heteroatoms. The molecular formula is C19H23Cl. The second kappa shape index (κ2) is 6.18. The Balaban J connectivity index is 1.85. The number of rotatable bonds is 6. The Morgan fingerprint density at radius 1 is 1.00 bits per heavy atom. The Morgan fingerprint density at radius 3 is 2.60 bits per heavy atom. The molecule has 0 spiro atoms. The number of aryl methyl sites for hydroxylation is 2. The third kappa shape index (κ3) is 2.59. The van der Waals surface area contributed by atoms with E-state index in [0.29, 0.717) is 0 Å². The molecule has 0 bridgehead atoms. The van der Waals surface area contributed by atoms with Gasteiger partial charge in [-0.15, -0.1) is 11.6 Å². The zero-order valence-electron chi connectivity index (χ0n) is 12.3. The van der Waals surface area contributed by atoms with Gasteiger partial charge in [-0.25, -0.2) is 0 Å². The average molecular weight is 287 g/mol. The summed E-state index contributed by atoms with van der Waals surface area (Å²) in [5, 5.41) is 3.05. The maximum Gasteiger partial charge on any atom is 0.0591 e. The third-order valence-corrected chi connectivity index (χ3v) is 5.01. The molecule has 0 heterocycles. The van der Waals surface area contributed by atoms with Crippen molar-refractivity contribution in [2.75, 3.05) is 0 Å². The molecule has 1 aliphatic carbocycles. The van der Waals surface area contributed by atoms with Crippen LogP contribution in [0.4, 0.5) is 0 Å². The van der Waals surface area contributed by atoms with Crippen molar-refractivity contribution in [1.82, 2.24) is 0 Å². The molecule has 0 saturated carbocycles. The molecule has 1 aliphatic rings. The van der Waals surface area contributed by atoms with Gasteiger partial charge in [-0.2, -0.15) is 0 Å². The molecule has 0 N–H and O–H groups in total. The van der Waals surface area contributed by atoms with E-state index < -0.39 is 0 Å². The number of hydrogen-bond acceptors (Lipinski definition) is 0. The molecule has 0 amide bonds. The fourth-order valence-corrected chi connectivity index (χ4v) is 3.79. The second-order valence-electron chi connectivity index (χ2n) is 5.97. The number of benzene rings is 2. The monoisotopic (exact) mass is 286 g/mol. The highest BCUT2D eigenvalue weighted by atomic mass is 35.5. The van der Waals surface area contributed by atoms with Crippen molar-refractivity contribution >= 4 is 22.4 Å². The summed E-state index contributed by atoms with van der Waals surface area (Å²) in [5.41, 5.74) is 4.36. The molecule has 2 aromatic rings. The lowest BCUT2D eigenvalue weighted by molar-refractivity contribution is 0.625. The van der Waals surface area contributed by atoms with Crippen molar-refractivity contribution < 1.29 is 0 Å². The summed E-state index contributed by atoms with van der Waals surface area (Å²) in [7, 11) is 0. The van der Waals surface area contributed by atoms with Crippen molar-refractivity contribution in [1.29, 1.82) is 0 Å². The van der Waals surface area contributed by atoms with Gasteiger partial charge >= 0.3 is 0 Å². The molecule has 1 unspecified atom stereocenters. The Morgan fingerprint density at radius 2 is 1.80 bits per heavy atom. The van der Waals surface area contributed by atoms with Gasteiger partial charge in [0.25, 0.3) is 0 Å². The maximum absolute atomic E-state index is 6.69.